The first-order chi connectivity index (χ1) is 14.4. The van der Waals surface area contributed by atoms with Crippen LogP contribution in [0.3, 0.4) is 0 Å². The molecule has 0 aliphatic heterocycles. The number of hydrogen-bond donors (Lipinski definition) is 0. The fraction of sp³-hybridized carbons (Fsp3) is 0.160. The van der Waals surface area contributed by atoms with E-state index < -0.39 is 23.8 Å². The molecule has 0 aromatic heterocycles. The Morgan fingerprint density at radius 2 is 1.43 bits per heavy atom. The number of Topliss-reactive ketones (excluding diaryl/α,β-unsaturated/α-hetero) is 1. The summed E-state index contributed by atoms with van der Waals surface area (Å²) in [5, 5.41) is 0. The second kappa shape index (κ2) is 8.87. The molecule has 0 amide bonds. The summed E-state index contributed by atoms with van der Waals surface area (Å²) in [5.41, 5.74) is -2.13. The van der Waals surface area contributed by atoms with E-state index in [0.29, 0.717) is 11.3 Å². The molecule has 0 saturated heterocycles. The van der Waals surface area contributed by atoms with Gasteiger partial charge in [0.15, 0.2) is 11.2 Å². The summed E-state index contributed by atoms with van der Waals surface area (Å²) in [6.07, 6.45) is -5.61. The van der Waals surface area contributed by atoms with Crippen molar-refractivity contribution in [2.75, 3.05) is 7.11 Å². The maximum absolute atomic E-state index is 14.5. The highest BCUT2D eigenvalue weighted by molar-refractivity contribution is 5.97. The lowest BCUT2D eigenvalue weighted by Gasteiger charge is -2.31. The van der Waals surface area contributed by atoms with Crippen molar-refractivity contribution in [3.05, 3.63) is 102 Å². The van der Waals surface area contributed by atoms with Gasteiger partial charge in [-0.25, -0.2) is 0 Å². The van der Waals surface area contributed by atoms with Crippen molar-refractivity contribution in [2.45, 2.75) is 18.0 Å². The molecule has 1 unspecified atom stereocenters. The molecule has 0 heterocycles. The fourth-order valence-corrected chi connectivity index (χ4v) is 3.10. The lowest BCUT2D eigenvalue weighted by Crippen LogP contribution is -2.43. The van der Waals surface area contributed by atoms with Gasteiger partial charge < -0.3 is 4.74 Å². The molecular formula is C25H19F3O2. The van der Waals surface area contributed by atoms with Crippen LogP contribution < -0.4 is 4.74 Å². The minimum Gasteiger partial charge on any atom is -0.497 e. The SMILES string of the molecule is COc1ccc(C(C#Cc2ccccc2)(CC(=O)c2ccccc2)C(F)(F)F)cc1. The van der Waals surface area contributed by atoms with Gasteiger partial charge in [0.2, 0.25) is 0 Å². The van der Waals surface area contributed by atoms with Crippen molar-refractivity contribution >= 4 is 5.78 Å². The van der Waals surface area contributed by atoms with E-state index in [1.165, 1.54) is 43.5 Å². The van der Waals surface area contributed by atoms with E-state index in [4.69, 9.17) is 4.74 Å². The molecule has 3 aromatic rings. The molecule has 0 fully saturated rings. The monoisotopic (exact) mass is 408 g/mol. The lowest BCUT2D eigenvalue weighted by atomic mass is 9.75. The van der Waals surface area contributed by atoms with Gasteiger partial charge in [-0.15, -0.1) is 0 Å². The first-order valence-electron chi connectivity index (χ1n) is 9.23. The van der Waals surface area contributed by atoms with Crippen LogP contribution in [0.15, 0.2) is 84.9 Å². The summed E-state index contributed by atoms with van der Waals surface area (Å²) in [7, 11) is 1.43. The molecule has 152 valence electrons. The molecule has 0 radical (unpaired) electrons. The Hall–Kier alpha value is -3.52. The number of hydrogen-bond acceptors (Lipinski definition) is 2. The molecule has 0 saturated carbocycles. The zero-order valence-corrected chi connectivity index (χ0v) is 16.2. The van der Waals surface area contributed by atoms with E-state index in [-0.39, 0.29) is 11.1 Å². The van der Waals surface area contributed by atoms with E-state index in [1.807, 2.05) is 0 Å². The van der Waals surface area contributed by atoms with Gasteiger partial charge in [-0.1, -0.05) is 72.5 Å². The van der Waals surface area contributed by atoms with Crippen LogP contribution in [-0.2, 0) is 5.41 Å². The smallest absolute Gasteiger partial charge is 0.409 e. The molecular weight excluding hydrogens is 389 g/mol. The Balaban J connectivity index is 2.15. The quantitative estimate of drug-likeness (QED) is 0.393. The predicted molar refractivity (Wildman–Crippen MR) is 109 cm³/mol. The van der Waals surface area contributed by atoms with Gasteiger partial charge in [-0.2, -0.15) is 13.2 Å². The van der Waals surface area contributed by atoms with Crippen molar-refractivity contribution in [1.29, 1.82) is 0 Å². The zero-order chi connectivity index (χ0) is 21.6. The molecule has 3 aromatic carbocycles. The minimum absolute atomic E-state index is 0.108. The van der Waals surface area contributed by atoms with Crippen molar-refractivity contribution in [3.8, 4) is 17.6 Å². The number of rotatable bonds is 5. The molecule has 2 nitrogen and oxygen atoms in total. The van der Waals surface area contributed by atoms with Crippen molar-refractivity contribution in [1.82, 2.24) is 0 Å². The van der Waals surface area contributed by atoms with Crippen LogP contribution in [-0.4, -0.2) is 19.1 Å². The van der Waals surface area contributed by atoms with Gasteiger partial charge in [0.25, 0.3) is 0 Å². The first kappa shape index (κ1) is 21.2. The molecule has 0 N–H and O–H groups in total. The van der Waals surface area contributed by atoms with Crippen LogP contribution in [0.5, 0.6) is 5.75 Å². The van der Waals surface area contributed by atoms with Gasteiger partial charge in [0, 0.05) is 17.5 Å². The number of ketones is 1. The summed E-state index contributed by atoms with van der Waals surface area (Å²) < 4.78 is 48.7. The maximum Gasteiger partial charge on any atom is 0.409 e. The predicted octanol–water partition coefficient (Wildman–Crippen LogP) is 5.82. The van der Waals surface area contributed by atoms with E-state index in [2.05, 4.69) is 11.8 Å². The van der Waals surface area contributed by atoms with E-state index in [9.17, 15) is 18.0 Å². The van der Waals surface area contributed by atoms with Gasteiger partial charge >= 0.3 is 6.18 Å². The Labute approximate surface area is 173 Å². The third-order valence-electron chi connectivity index (χ3n) is 4.78. The maximum atomic E-state index is 14.5. The normalized spacial score (nSPS) is 12.9. The molecule has 30 heavy (non-hydrogen) atoms. The highest BCUT2D eigenvalue weighted by Gasteiger charge is 2.56. The second-order valence-electron chi connectivity index (χ2n) is 6.71. The van der Waals surface area contributed by atoms with E-state index >= 15 is 0 Å². The average molecular weight is 408 g/mol. The standard InChI is InChI=1S/C25H19F3O2/c1-30-22-14-12-21(13-15-22)24(25(26,27)28,17-16-19-8-4-2-5-9-19)18-23(29)20-10-6-3-7-11-20/h2-15H,18H2,1H3. The molecule has 5 heteroatoms. The van der Waals surface area contributed by atoms with Crippen LogP contribution in [0, 0.1) is 11.8 Å². The second-order valence-corrected chi connectivity index (χ2v) is 6.71. The van der Waals surface area contributed by atoms with Gasteiger partial charge in [-0.05, 0) is 29.8 Å². The third kappa shape index (κ3) is 4.55. The van der Waals surface area contributed by atoms with Crippen LogP contribution in [0.1, 0.15) is 27.9 Å². The summed E-state index contributed by atoms with van der Waals surface area (Å²) in [6.45, 7) is 0. The molecule has 0 spiro atoms. The van der Waals surface area contributed by atoms with Crippen molar-refractivity contribution < 1.29 is 22.7 Å². The number of carbonyl (C=O) groups is 1. The van der Waals surface area contributed by atoms with Gasteiger partial charge in [0.05, 0.1) is 7.11 Å². The van der Waals surface area contributed by atoms with Crippen LogP contribution in [0.2, 0.25) is 0 Å². The summed E-state index contributed by atoms with van der Waals surface area (Å²) in [4.78, 5) is 12.8. The average Bonchev–Trinajstić information content (AvgIpc) is 2.77. The first-order valence-corrected chi connectivity index (χ1v) is 9.23. The molecule has 0 aliphatic rings. The fourth-order valence-electron chi connectivity index (χ4n) is 3.10. The molecule has 1 atom stereocenters. The lowest BCUT2D eigenvalue weighted by molar-refractivity contribution is -0.172. The number of methoxy groups -OCH3 is 1. The van der Waals surface area contributed by atoms with Crippen LogP contribution in [0.4, 0.5) is 13.2 Å². The van der Waals surface area contributed by atoms with E-state index in [0.717, 1.165) is 0 Å². The number of benzene rings is 3. The highest BCUT2D eigenvalue weighted by atomic mass is 19.4. The minimum atomic E-state index is -4.78. The van der Waals surface area contributed by atoms with Crippen molar-refractivity contribution in [2.24, 2.45) is 0 Å². The Kier molecular flexibility index (Phi) is 6.27. The van der Waals surface area contributed by atoms with Gasteiger partial charge in [0.1, 0.15) is 5.75 Å². The van der Waals surface area contributed by atoms with Gasteiger partial charge in [-0.3, -0.25) is 4.79 Å². The number of halogens is 3. The van der Waals surface area contributed by atoms with Crippen LogP contribution >= 0.6 is 0 Å². The number of alkyl halides is 3. The summed E-state index contributed by atoms with van der Waals surface area (Å²) in [6, 6.07) is 21.8. The molecule has 0 bridgehead atoms. The van der Waals surface area contributed by atoms with E-state index in [1.54, 1.807) is 48.5 Å². The largest absolute Gasteiger partial charge is 0.497 e. The Morgan fingerprint density at radius 3 is 1.97 bits per heavy atom. The number of ether oxygens (including phenoxy) is 1. The number of carbonyl (C=O) groups excluding carboxylic acids is 1. The Morgan fingerprint density at radius 1 is 0.867 bits per heavy atom. The molecule has 0 aliphatic carbocycles. The molecule has 3 rings (SSSR count). The highest BCUT2D eigenvalue weighted by Crippen LogP contribution is 2.44. The zero-order valence-electron chi connectivity index (χ0n) is 16.2. The summed E-state index contributed by atoms with van der Waals surface area (Å²) in [5.74, 6) is 4.81. The topological polar surface area (TPSA) is 26.3 Å². The third-order valence-corrected chi connectivity index (χ3v) is 4.78. The Bertz CT molecular complexity index is 1050. The summed E-state index contributed by atoms with van der Waals surface area (Å²) >= 11 is 0. The van der Waals surface area contributed by atoms with Crippen molar-refractivity contribution in [3.63, 3.8) is 0 Å². The van der Waals surface area contributed by atoms with Crippen LogP contribution in [0.25, 0.3) is 0 Å².